The number of hydrogen-bond acceptors (Lipinski definition) is 10. The quantitative estimate of drug-likeness (QED) is 0.167. The average Bonchev–Trinajstić information content (AvgIpc) is 3.07. The summed E-state index contributed by atoms with van der Waals surface area (Å²) in [5.74, 6) is -7.27. The Labute approximate surface area is 291 Å². The molecule has 2 heterocycles. The van der Waals surface area contributed by atoms with Crippen molar-refractivity contribution in [2.24, 2.45) is 17.8 Å². The molecule has 0 unspecified atom stereocenters. The number of amides is 1. The highest BCUT2D eigenvalue weighted by atomic mass is 16.3. The number of Topliss-reactive ketones (excluding diaryl/α,β-unsaturated/α-hetero) is 4. The molecule has 1 amide bonds. The van der Waals surface area contributed by atoms with Crippen molar-refractivity contribution in [3.63, 3.8) is 0 Å². The number of aliphatic hydroxyl groups is 4. The van der Waals surface area contributed by atoms with Crippen molar-refractivity contribution in [1.82, 2.24) is 5.32 Å². The Morgan fingerprint density at radius 1 is 0.720 bits per heavy atom. The van der Waals surface area contributed by atoms with Crippen LogP contribution in [-0.4, -0.2) is 72.9 Å². The molecule has 11 nitrogen and oxygen atoms in total. The lowest BCUT2D eigenvalue weighted by Gasteiger charge is -2.23. The number of allylic oxidation sites excluding steroid dienone is 7. The molecule has 266 valence electrons. The molecule has 50 heavy (non-hydrogen) atoms. The number of aryl methyl sites for hydroxylation is 1. The fourth-order valence-electron chi connectivity index (χ4n) is 5.53. The molecule has 6 N–H and O–H groups in total. The third-order valence-electron chi connectivity index (χ3n) is 8.81. The van der Waals surface area contributed by atoms with Gasteiger partial charge in [-0.05, 0) is 50.0 Å². The van der Waals surface area contributed by atoms with Gasteiger partial charge in [-0.1, -0.05) is 75.5 Å². The number of nitrogens with one attached hydrogen (secondary N) is 1. The summed E-state index contributed by atoms with van der Waals surface area (Å²) < 4.78 is 0. The summed E-state index contributed by atoms with van der Waals surface area (Å²) in [6.45, 7) is 9.57. The predicted molar refractivity (Wildman–Crippen MR) is 188 cm³/mol. The van der Waals surface area contributed by atoms with Crippen molar-refractivity contribution in [3.05, 3.63) is 106 Å². The topological polar surface area (TPSA) is 199 Å². The lowest BCUT2D eigenvalue weighted by Crippen LogP contribution is -2.35. The van der Waals surface area contributed by atoms with E-state index in [1.54, 1.807) is 58.1 Å². The number of aromatic hydroxyl groups is 1. The molecule has 1 aromatic carbocycles. The Morgan fingerprint density at radius 3 is 2.06 bits per heavy atom. The summed E-state index contributed by atoms with van der Waals surface area (Å²) in [5.41, 5.74) is -1.36. The van der Waals surface area contributed by atoms with Crippen LogP contribution in [0.25, 0.3) is 5.76 Å². The van der Waals surface area contributed by atoms with Crippen LogP contribution in [0.15, 0.2) is 83.7 Å². The summed E-state index contributed by atoms with van der Waals surface area (Å²) in [7, 11) is 0. The largest absolute Gasteiger partial charge is 0.507 e. The van der Waals surface area contributed by atoms with Crippen molar-refractivity contribution in [3.8, 4) is 5.75 Å². The molecule has 1 aliphatic carbocycles. The van der Waals surface area contributed by atoms with Gasteiger partial charge in [0.05, 0.1) is 29.4 Å². The maximum Gasteiger partial charge on any atom is 0.253 e. The van der Waals surface area contributed by atoms with Gasteiger partial charge in [-0.25, -0.2) is 0 Å². The lowest BCUT2D eigenvalue weighted by atomic mass is 9.82. The maximum absolute atomic E-state index is 13.7. The van der Waals surface area contributed by atoms with E-state index in [9.17, 15) is 49.5 Å². The highest BCUT2D eigenvalue weighted by molar-refractivity contribution is 6.53. The molecular formula is C39H45NO10. The fraction of sp³-hybridized carbons (Fsp3) is 0.359. The first kappa shape index (κ1) is 39.5. The zero-order chi connectivity index (χ0) is 37.4. The molecule has 0 radical (unpaired) electrons. The summed E-state index contributed by atoms with van der Waals surface area (Å²) in [5, 5.41) is 56.2. The lowest BCUT2D eigenvalue weighted by molar-refractivity contribution is -0.118. The number of benzene rings is 1. The molecule has 0 fully saturated rings. The van der Waals surface area contributed by atoms with Crippen LogP contribution in [0.3, 0.4) is 0 Å². The second-order valence-electron chi connectivity index (χ2n) is 12.9. The number of ketones is 4. The highest BCUT2D eigenvalue weighted by Crippen LogP contribution is 2.37. The van der Waals surface area contributed by atoms with Crippen LogP contribution in [0.2, 0.25) is 0 Å². The number of carbonyl (C=O) groups is 5. The molecule has 0 aromatic heterocycles. The van der Waals surface area contributed by atoms with Crippen molar-refractivity contribution in [1.29, 1.82) is 0 Å². The number of phenols is 1. The van der Waals surface area contributed by atoms with Gasteiger partial charge in [0.25, 0.3) is 5.78 Å². The summed E-state index contributed by atoms with van der Waals surface area (Å²) in [4.78, 5) is 65.5. The Bertz CT molecular complexity index is 1770. The first-order valence-corrected chi connectivity index (χ1v) is 16.3. The van der Waals surface area contributed by atoms with Crippen LogP contribution in [0.4, 0.5) is 0 Å². The third-order valence-corrected chi connectivity index (χ3v) is 8.81. The molecule has 0 saturated heterocycles. The van der Waals surface area contributed by atoms with Crippen LogP contribution in [0.5, 0.6) is 5.75 Å². The van der Waals surface area contributed by atoms with Crippen LogP contribution in [0.1, 0.15) is 79.3 Å². The third kappa shape index (κ3) is 9.38. The van der Waals surface area contributed by atoms with Crippen molar-refractivity contribution >= 4 is 34.8 Å². The Morgan fingerprint density at radius 2 is 1.38 bits per heavy atom. The number of hydrogen-bond donors (Lipinski definition) is 6. The number of rotatable bonds is 0. The Hall–Kier alpha value is -4.97. The van der Waals surface area contributed by atoms with Gasteiger partial charge < -0.3 is 30.8 Å². The second-order valence-corrected chi connectivity index (χ2v) is 12.9. The van der Waals surface area contributed by atoms with Gasteiger partial charge >= 0.3 is 0 Å². The first-order valence-electron chi connectivity index (χ1n) is 16.3. The molecule has 11 heteroatoms. The van der Waals surface area contributed by atoms with Gasteiger partial charge in [-0.2, -0.15) is 0 Å². The molecule has 0 saturated carbocycles. The van der Waals surface area contributed by atoms with Gasteiger partial charge in [0.2, 0.25) is 11.7 Å². The zero-order valence-electron chi connectivity index (χ0n) is 29.0. The van der Waals surface area contributed by atoms with E-state index in [4.69, 9.17) is 0 Å². The van der Waals surface area contributed by atoms with E-state index in [0.717, 1.165) is 6.08 Å². The second kappa shape index (κ2) is 17.1. The smallest absolute Gasteiger partial charge is 0.253 e. The highest BCUT2D eigenvalue weighted by Gasteiger charge is 2.39. The minimum atomic E-state index is -1.29. The number of phenolic OH excluding ortho intramolecular Hbond substituents is 1. The molecule has 0 spiro atoms. The van der Waals surface area contributed by atoms with Crippen molar-refractivity contribution < 1.29 is 49.5 Å². The molecule has 2 aliphatic heterocycles. The van der Waals surface area contributed by atoms with Crippen LogP contribution >= 0.6 is 0 Å². The Kier molecular flexibility index (Phi) is 13.5. The maximum atomic E-state index is 13.7. The van der Waals surface area contributed by atoms with E-state index < -0.39 is 87.7 Å². The van der Waals surface area contributed by atoms with Gasteiger partial charge in [0.1, 0.15) is 11.4 Å². The molecule has 4 bridgehead atoms. The first-order chi connectivity index (χ1) is 23.5. The van der Waals surface area contributed by atoms with Gasteiger partial charge in [-0.3, -0.25) is 24.0 Å². The van der Waals surface area contributed by atoms with Gasteiger partial charge in [-0.15, -0.1) is 0 Å². The summed E-state index contributed by atoms with van der Waals surface area (Å²) in [6.07, 6.45) is 11.9. The van der Waals surface area contributed by atoms with E-state index in [0.29, 0.717) is 5.57 Å². The number of carbonyl (C=O) groups excluding carboxylic acids is 5. The van der Waals surface area contributed by atoms with E-state index in [-0.39, 0.29) is 35.3 Å². The van der Waals surface area contributed by atoms with E-state index in [1.807, 2.05) is 0 Å². The van der Waals surface area contributed by atoms with Crippen LogP contribution in [0, 0.1) is 24.7 Å². The molecule has 3 aliphatic rings. The predicted octanol–water partition coefficient (Wildman–Crippen LogP) is 4.46. The molecular weight excluding hydrogens is 642 g/mol. The average molecular weight is 688 g/mol. The monoisotopic (exact) mass is 687 g/mol. The standard InChI is InChI=1S/C39H45NO10/c1-20-11-9-7-8-10-12-30(44)40-33-37(48)27-18-25(6)36(47)32(31(27)38(49)39(33)50)35(46)24(5)17-23(4)34(45)22(3)14-16-26(41)15-13-21(2)29(43)19-28(20)42/h7-14,16-18,20,22-23,26,28,34,41-42,45,47-48H,15,19H2,1-6H3,(H,40,44)/t20-,22-,23-,26-,28-,34-/m0/s1. The van der Waals surface area contributed by atoms with Crippen molar-refractivity contribution in [2.75, 3.05) is 0 Å². The summed E-state index contributed by atoms with van der Waals surface area (Å²) >= 11 is 0. The molecule has 4 rings (SSSR count). The van der Waals surface area contributed by atoms with Crippen molar-refractivity contribution in [2.45, 2.75) is 72.7 Å². The SMILES string of the molecule is CC1=CC[C@H](O)C=C[C@H](C)[C@H](O)[C@@H](C)C=C(C)C(=O)c2c(O)c(C)cc3c2C(=O)C(=O)C(=C3O)NC(=O)C=CC=CC=C[C@H](C)[C@@H](O)CC1=O. The van der Waals surface area contributed by atoms with E-state index in [1.165, 1.54) is 44.2 Å². The van der Waals surface area contributed by atoms with Crippen LogP contribution < -0.4 is 5.32 Å². The Balaban J connectivity index is 2.07. The molecule has 6 atom stereocenters. The fourth-order valence-corrected chi connectivity index (χ4v) is 5.53. The normalized spacial score (nSPS) is 26.7. The number of aliphatic hydroxyl groups excluding tert-OH is 4. The van der Waals surface area contributed by atoms with E-state index >= 15 is 0 Å². The van der Waals surface area contributed by atoms with Gasteiger partial charge in [0.15, 0.2) is 17.3 Å². The number of fused-ring (bicyclic) bond motifs is 18. The minimum Gasteiger partial charge on any atom is -0.507 e. The van der Waals surface area contributed by atoms with Gasteiger partial charge in [0, 0.05) is 35.8 Å². The molecule has 1 aromatic rings. The minimum absolute atomic E-state index is 0.0421. The summed E-state index contributed by atoms with van der Waals surface area (Å²) in [6, 6.07) is 1.23. The zero-order valence-corrected chi connectivity index (χ0v) is 29.0. The van der Waals surface area contributed by atoms with Crippen LogP contribution in [-0.2, 0) is 14.4 Å². The van der Waals surface area contributed by atoms with E-state index in [2.05, 4.69) is 5.32 Å².